The number of hydrogen-bond acceptors (Lipinski definition) is 5. The molecule has 7 nitrogen and oxygen atoms in total. The molecule has 0 aromatic carbocycles. The Labute approximate surface area is 90.0 Å². The van der Waals surface area contributed by atoms with Crippen LogP contribution in [0.5, 0.6) is 0 Å². The molecule has 16 heavy (non-hydrogen) atoms. The minimum absolute atomic E-state index is 0.291. The van der Waals surface area contributed by atoms with Gasteiger partial charge in [0.25, 0.3) is 0 Å². The fourth-order valence-electron chi connectivity index (χ4n) is 1.48. The number of cyclic esters (lactones) is 1. The third-order valence-corrected chi connectivity index (χ3v) is 2.25. The zero-order valence-electron chi connectivity index (χ0n) is 8.21. The quantitative estimate of drug-likeness (QED) is 0.607. The van der Waals surface area contributed by atoms with E-state index in [0.717, 1.165) is 0 Å². The summed E-state index contributed by atoms with van der Waals surface area (Å²) in [7, 11) is 0. The van der Waals surface area contributed by atoms with Crippen molar-refractivity contribution in [3.63, 3.8) is 0 Å². The van der Waals surface area contributed by atoms with E-state index in [1.165, 1.54) is 0 Å². The average molecular weight is 230 g/mol. The number of hydrogen-bond donors (Lipinski definition) is 2. The minimum Gasteiger partial charge on any atom is -0.481 e. The Balaban J connectivity index is 2.63. The molecule has 1 rings (SSSR count). The van der Waals surface area contributed by atoms with E-state index in [2.05, 4.69) is 4.74 Å². The van der Waals surface area contributed by atoms with E-state index in [1.807, 2.05) is 0 Å². The number of aliphatic carboxylic acids is 2. The highest BCUT2D eigenvalue weighted by Crippen LogP contribution is 2.24. The molecule has 0 aromatic rings. The molecule has 2 N–H and O–H groups in total. The predicted octanol–water partition coefficient (Wildman–Crippen LogP) is -0.563. The highest BCUT2D eigenvalue weighted by atomic mass is 16.6. The number of ketones is 1. The van der Waals surface area contributed by atoms with E-state index in [-0.39, 0.29) is 19.3 Å². The molecule has 2 atom stereocenters. The monoisotopic (exact) mass is 230 g/mol. The van der Waals surface area contributed by atoms with Gasteiger partial charge in [-0.1, -0.05) is 0 Å². The summed E-state index contributed by atoms with van der Waals surface area (Å²) in [6, 6.07) is 0. The van der Waals surface area contributed by atoms with Gasteiger partial charge in [0.05, 0.1) is 18.8 Å². The van der Waals surface area contributed by atoms with E-state index < -0.39 is 35.7 Å². The van der Waals surface area contributed by atoms with Crippen LogP contribution < -0.4 is 0 Å². The second-order valence-electron chi connectivity index (χ2n) is 3.42. The molecule has 0 spiro atoms. The molecule has 0 bridgehead atoms. The highest BCUT2D eigenvalue weighted by Gasteiger charge is 2.43. The summed E-state index contributed by atoms with van der Waals surface area (Å²) in [5, 5.41) is 17.0. The van der Waals surface area contributed by atoms with Crippen molar-refractivity contribution in [2.75, 3.05) is 0 Å². The topological polar surface area (TPSA) is 118 Å². The molecule has 1 fully saturated rings. The number of carboxylic acid groups (broad SMARTS) is 2. The molecule has 0 unspecified atom stereocenters. The van der Waals surface area contributed by atoms with Crippen LogP contribution in [0, 0.1) is 5.92 Å². The zero-order chi connectivity index (χ0) is 12.3. The summed E-state index contributed by atoms with van der Waals surface area (Å²) in [5.74, 6) is -4.92. The molecule has 0 saturated carbocycles. The number of ether oxygens (including phenoxy) is 1. The lowest BCUT2D eigenvalue weighted by Crippen LogP contribution is -2.31. The Kier molecular flexibility index (Phi) is 3.60. The molecule has 0 radical (unpaired) electrons. The molecule has 1 aliphatic heterocycles. The summed E-state index contributed by atoms with van der Waals surface area (Å²) in [6.45, 7) is 0. The van der Waals surface area contributed by atoms with Crippen molar-refractivity contribution in [1.29, 1.82) is 0 Å². The smallest absolute Gasteiger partial charge is 0.345 e. The van der Waals surface area contributed by atoms with E-state index in [0.29, 0.717) is 0 Å². The molecule has 1 heterocycles. The van der Waals surface area contributed by atoms with Gasteiger partial charge < -0.3 is 14.9 Å². The van der Waals surface area contributed by atoms with Crippen molar-refractivity contribution in [3.8, 4) is 0 Å². The third kappa shape index (κ3) is 2.78. The lowest BCUT2D eigenvalue weighted by molar-refractivity contribution is -0.159. The molecule has 1 saturated heterocycles. The summed E-state index contributed by atoms with van der Waals surface area (Å²) in [4.78, 5) is 43.2. The molecule has 0 aliphatic carbocycles. The van der Waals surface area contributed by atoms with Gasteiger partial charge in [-0.25, -0.2) is 4.79 Å². The van der Waals surface area contributed by atoms with Crippen molar-refractivity contribution < 1.29 is 34.1 Å². The lowest BCUT2D eigenvalue weighted by atomic mass is 9.93. The third-order valence-electron chi connectivity index (χ3n) is 2.25. The second kappa shape index (κ2) is 4.73. The Hall–Kier alpha value is -1.92. The molecular weight excluding hydrogens is 220 g/mol. The number of carbonyl (C=O) groups is 4. The molecule has 0 amide bonds. The Morgan fingerprint density at radius 1 is 1.25 bits per heavy atom. The van der Waals surface area contributed by atoms with Gasteiger partial charge in [-0.15, -0.1) is 0 Å². The van der Waals surface area contributed by atoms with Crippen molar-refractivity contribution in [2.45, 2.75) is 25.4 Å². The SMILES string of the molecule is O=C(O)CCC(=O)[C@H]1CC(=O)O[C@H]1C(=O)O. The molecule has 88 valence electrons. The van der Waals surface area contributed by atoms with E-state index >= 15 is 0 Å². The van der Waals surface area contributed by atoms with Crippen LogP contribution in [-0.2, 0) is 23.9 Å². The fraction of sp³-hybridized carbons (Fsp3) is 0.556. The Morgan fingerprint density at radius 2 is 1.88 bits per heavy atom. The van der Waals surface area contributed by atoms with Crippen LogP contribution in [0.3, 0.4) is 0 Å². The van der Waals surface area contributed by atoms with Crippen molar-refractivity contribution in [1.82, 2.24) is 0 Å². The first-order valence-electron chi connectivity index (χ1n) is 4.58. The first kappa shape index (κ1) is 12.2. The molecule has 0 aromatic heterocycles. The predicted molar refractivity (Wildman–Crippen MR) is 47.5 cm³/mol. The van der Waals surface area contributed by atoms with Crippen molar-refractivity contribution in [2.24, 2.45) is 5.92 Å². The van der Waals surface area contributed by atoms with Crippen LogP contribution in [0.2, 0.25) is 0 Å². The Morgan fingerprint density at radius 3 is 2.38 bits per heavy atom. The van der Waals surface area contributed by atoms with Crippen molar-refractivity contribution in [3.05, 3.63) is 0 Å². The van der Waals surface area contributed by atoms with Gasteiger partial charge in [-0.2, -0.15) is 0 Å². The van der Waals surface area contributed by atoms with E-state index in [9.17, 15) is 19.2 Å². The standard InChI is InChI=1S/C9H10O7/c10-5(1-2-6(11)12)4-3-7(13)16-8(4)9(14)15/h4,8H,1-3H2,(H,11,12)(H,14,15)/t4-,8-/m1/s1. The van der Waals surface area contributed by atoms with Crippen LogP contribution in [0.15, 0.2) is 0 Å². The van der Waals surface area contributed by atoms with E-state index in [1.54, 1.807) is 0 Å². The Bertz CT molecular complexity index is 346. The summed E-state index contributed by atoms with van der Waals surface area (Å²) in [6.07, 6.45) is -2.44. The number of rotatable bonds is 5. The first-order chi connectivity index (χ1) is 7.41. The normalized spacial score (nSPS) is 23.9. The molecular formula is C9H10O7. The van der Waals surface area contributed by atoms with Gasteiger partial charge in [-0.05, 0) is 0 Å². The van der Waals surface area contributed by atoms with Crippen LogP contribution in [0.4, 0.5) is 0 Å². The number of carboxylic acids is 2. The van der Waals surface area contributed by atoms with Gasteiger partial charge in [0, 0.05) is 6.42 Å². The maximum absolute atomic E-state index is 11.5. The van der Waals surface area contributed by atoms with Crippen LogP contribution >= 0.6 is 0 Å². The van der Waals surface area contributed by atoms with Gasteiger partial charge >= 0.3 is 17.9 Å². The maximum Gasteiger partial charge on any atom is 0.345 e. The van der Waals surface area contributed by atoms with Gasteiger partial charge in [-0.3, -0.25) is 14.4 Å². The number of Topliss-reactive ketones (excluding diaryl/α,β-unsaturated/α-hetero) is 1. The van der Waals surface area contributed by atoms with Crippen molar-refractivity contribution >= 4 is 23.7 Å². The lowest BCUT2D eigenvalue weighted by Gasteiger charge is -2.11. The van der Waals surface area contributed by atoms with Crippen LogP contribution in [-0.4, -0.2) is 40.0 Å². The summed E-state index contributed by atoms with van der Waals surface area (Å²) < 4.78 is 4.46. The number of esters is 1. The van der Waals surface area contributed by atoms with Gasteiger partial charge in [0.1, 0.15) is 5.78 Å². The van der Waals surface area contributed by atoms with E-state index in [4.69, 9.17) is 10.2 Å². The number of carbonyl (C=O) groups excluding carboxylic acids is 2. The first-order valence-corrected chi connectivity index (χ1v) is 4.58. The fourth-order valence-corrected chi connectivity index (χ4v) is 1.48. The van der Waals surface area contributed by atoms with Crippen LogP contribution in [0.1, 0.15) is 19.3 Å². The largest absolute Gasteiger partial charge is 0.481 e. The average Bonchev–Trinajstić information content (AvgIpc) is 2.56. The molecule has 7 heteroatoms. The van der Waals surface area contributed by atoms with Gasteiger partial charge in [0.15, 0.2) is 0 Å². The van der Waals surface area contributed by atoms with Crippen LogP contribution in [0.25, 0.3) is 0 Å². The van der Waals surface area contributed by atoms with Gasteiger partial charge in [0.2, 0.25) is 6.10 Å². The summed E-state index contributed by atoms with van der Waals surface area (Å²) >= 11 is 0. The maximum atomic E-state index is 11.5. The summed E-state index contributed by atoms with van der Waals surface area (Å²) in [5.41, 5.74) is 0. The highest BCUT2D eigenvalue weighted by molar-refractivity contribution is 5.95. The second-order valence-corrected chi connectivity index (χ2v) is 3.42. The minimum atomic E-state index is -1.48. The zero-order valence-corrected chi connectivity index (χ0v) is 8.21. The molecule has 1 aliphatic rings.